The molecule has 3 nitrogen and oxygen atoms in total. The molecule has 1 aliphatic rings. The summed E-state index contributed by atoms with van der Waals surface area (Å²) in [7, 11) is 3.23. The lowest BCUT2D eigenvalue weighted by Crippen LogP contribution is -2.20. The second-order valence-electron chi connectivity index (χ2n) is 7.37. The van der Waals surface area contributed by atoms with Crippen LogP contribution in [0.3, 0.4) is 0 Å². The van der Waals surface area contributed by atoms with Gasteiger partial charge in [-0.3, -0.25) is 0 Å². The van der Waals surface area contributed by atoms with Crippen molar-refractivity contribution in [3.8, 4) is 0 Å². The van der Waals surface area contributed by atoms with Gasteiger partial charge in [0.05, 0.1) is 18.8 Å². The monoisotopic (exact) mass is 366 g/mol. The number of hydrogen-bond donors (Lipinski definition) is 0. The smallest absolute Gasteiger partial charge is 0.338 e. The van der Waals surface area contributed by atoms with Crippen LogP contribution in [0.15, 0.2) is 12.1 Å². The average Bonchev–Trinajstić information content (AvgIpc) is 2.63. The van der Waals surface area contributed by atoms with Gasteiger partial charge in [-0.15, -0.1) is 0 Å². The standard InChI is InChI=1S/C21H31ClO3/c1-14(6-5-7-16-8-10-18(24-3)11-9-16)19-12-17(22)13-20(15(19)2)21(23)25-4/h12-14,16,18H,5-11H2,1-4H3/t14-,16?,18?/m0/s1. The third kappa shape index (κ3) is 5.46. The maximum Gasteiger partial charge on any atom is 0.338 e. The first-order valence-electron chi connectivity index (χ1n) is 9.37. The molecule has 140 valence electrons. The Morgan fingerprint density at radius 2 is 1.92 bits per heavy atom. The molecule has 0 aromatic heterocycles. The molecule has 0 unspecified atom stereocenters. The molecule has 25 heavy (non-hydrogen) atoms. The molecule has 0 radical (unpaired) electrons. The Balaban J connectivity index is 1.91. The van der Waals surface area contributed by atoms with Crippen molar-refractivity contribution in [1.29, 1.82) is 0 Å². The van der Waals surface area contributed by atoms with Gasteiger partial charge in [0.1, 0.15) is 0 Å². The Kier molecular flexibility index (Phi) is 7.77. The van der Waals surface area contributed by atoms with Crippen molar-refractivity contribution in [2.24, 2.45) is 5.92 Å². The molecule has 0 heterocycles. The molecule has 0 spiro atoms. The molecular formula is C21H31ClO3. The van der Waals surface area contributed by atoms with E-state index in [2.05, 4.69) is 6.92 Å². The SMILES string of the molecule is COC(=O)c1cc(Cl)cc([C@@H](C)CCCC2CCC(OC)CC2)c1C. The van der Waals surface area contributed by atoms with Gasteiger partial charge in [0.25, 0.3) is 0 Å². The lowest BCUT2D eigenvalue weighted by atomic mass is 9.82. The third-order valence-corrected chi connectivity index (χ3v) is 5.94. The molecule has 1 saturated carbocycles. The van der Waals surface area contributed by atoms with Crippen LogP contribution in [0.4, 0.5) is 0 Å². The fourth-order valence-corrected chi connectivity index (χ4v) is 4.29. The van der Waals surface area contributed by atoms with E-state index in [-0.39, 0.29) is 5.97 Å². The maximum atomic E-state index is 11.9. The van der Waals surface area contributed by atoms with Gasteiger partial charge >= 0.3 is 5.97 Å². The first-order valence-corrected chi connectivity index (χ1v) is 9.75. The van der Waals surface area contributed by atoms with Crippen LogP contribution >= 0.6 is 11.6 Å². The third-order valence-electron chi connectivity index (χ3n) is 5.73. The molecule has 0 saturated heterocycles. The summed E-state index contributed by atoms with van der Waals surface area (Å²) in [6.07, 6.45) is 9.06. The van der Waals surface area contributed by atoms with E-state index in [9.17, 15) is 4.79 Å². The summed E-state index contributed by atoms with van der Waals surface area (Å²) in [6, 6.07) is 3.70. The molecule has 1 aliphatic carbocycles. The minimum Gasteiger partial charge on any atom is -0.465 e. The first kappa shape index (κ1) is 20.3. The highest BCUT2D eigenvalue weighted by atomic mass is 35.5. The summed E-state index contributed by atoms with van der Waals surface area (Å²) in [5.41, 5.74) is 2.73. The fourth-order valence-electron chi connectivity index (χ4n) is 4.06. The Morgan fingerprint density at radius 1 is 1.24 bits per heavy atom. The van der Waals surface area contributed by atoms with Crippen LogP contribution in [-0.4, -0.2) is 26.3 Å². The van der Waals surface area contributed by atoms with Crippen molar-refractivity contribution < 1.29 is 14.3 Å². The van der Waals surface area contributed by atoms with E-state index in [1.54, 1.807) is 6.07 Å². The summed E-state index contributed by atoms with van der Waals surface area (Å²) < 4.78 is 10.3. The number of hydrogen-bond acceptors (Lipinski definition) is 3. The topological polar surface area (TPSA) is 35.5 Å². The van der Waals surface area contributed by atoms with E-state index in [1.807, 2.05) is 20.1 Å². The molecule has 4 heteroatoms. The van der Waals surface area contributed by atoms with Crippen LogP contribution in [0.1, 0.15) is 79.3 Å². The number of methoxy groups -OCH3 is 2. The predicted molar refractivity (Wildman–Crippen MR) is 103 cm³/mol. The lowest BCUT2D eigenvalue weighted by Gasteiger charge is -2.28. The van der Waals surface area contributed by atoms with E-state index in [4.69, 9.17) is 21.1 Å². The Morgan fingerprint density at radius 3 is 2.52 bits per heavy atom. The highest BCUT2D eigenvalue weighted by molar-refractivity contribution is 6.31. The second-order valence-corrected chi connectivity index (χ2v) is 7.81. The van der Waals surface area contributed by atoms with E-state index in [0.717, 1.165) is 23.5 Å². The molecule has 0 N–H and O–H groups in total. The fraction of sp³-hybridized carbons (Fsp3) is 0.667. The number of carbonyl (C=O) groups excluding carboxylic acids is 1. The van der Waals surface area contributed by atoms with Gasteiger partial charge in [0, 0.05) is 12.1 Å². The van der Waals surface area contributed by atoms with Gasteiger partial charge in [0.2, 0.25) is 0 Å². The molecule has 1 aromatic carbocycles. The van der Waals surface area contributed by atoms with Crippen LogP contribution in [0.2, 0.25) is 5.02 Å². The molecule has 0 amide bonds. The molecule has 0 aliphatic heterocycles. The summed E-state index contributed by atoms with van der Waals surface area (Å²) in [4.78, 5) is 11.9. The molecular weight excluding hydrogens is 336 g/mol. The van der Waals surface area contributed by atoms with Crippen molar-refractivity contribution >= 4 is 17.6 Å². The Bertz CT molecular complexity index is 577. The van der Waals surface area contributed by atoms with Gasteiger partial charge in [-0.2, -0.15) is 0 Å². The number of halogens is 1. The van der Waals surface area contributed by atoms with E-state index in [0.29, 0.717) is 22.6 Å². The van der Waals surface area contributed by atoms with Crippen molar-refractivity contribution in [1.82, 2.24) is 0 Å². The van der Waals surface area contributed by atoms with Crippen LogP contribution in [0, 0.1) is 12.8 Å². The quantitative estimate of drug-likeness (QED) is 0.562. The van der Waals surface area contributed by atoms with Crippen LogP contribution < -0.4 is 0 Å². The van der Waals surface area contributed by atoms with Crippen molar-refractivity contribution in [2.75, 3.05) is 14.2 Å². The number of rotatable bonds is 7. The minimum absolute atomic E-state index is 0.316. The predicted octanol–water partition coefficient (Wildman–Crippen LogP) is 5.91. The zero-order valence-electron chi connectivity index (χ0n) is 15.9. The number of benzene rings is 1. The van der Waals surface area contributed by atoms with Gasteiger partial charge in [-0.05, 0) is 74.1 Å². The first-order chi connectivity index (χ1) is 12.0. The molecule has 1 fully saturated rings. The van der Waals surface area contributed by atoms with Crippen molar-refractivity contribution in [3.63, 3.8) is 0 Å². The van der Waals surface area contributed by atoms with Gasteiger partial charge in [-0.25, -0.2) is 4.79 Å². The summed E-state index contributed by atoms with van der Waals surface area (Å²) in [6.45, 7) is 4.21. The molecule has 2 rings (SSSR count). The van der Waals surface area contributed by atoms with Crippen LogP contribution in [-0.2, 0) is 9.47 Å². The highest BCUT2D eigenvalue weighted by Crippen LogP contribution is 2.33. The number of carbonyl (C=O) groups is 1. The molecule has 1 aromatic rings. The largest absolute Gasteiger partial charge is 0.465 e. The minimum atomic E-state index is -0.316. The van der Waals surface area contributed by atoms with Crippen molar-refractivity contribution in [2.45, 2.75) is 70.8 Å². The maximum absolute atomic E-state index is 11.9. The number of ether oxygens (including phenoxy) is 2. The van der Waals surface area contributed by atoms with E-state index in [1.165, 1.54) is 45.6 Å². The van der Waals surface area contributed by atoms with Gasteiger partial charge in [0.15, 0.2) is 0 Å². The highest BCUT2D eigenvalue weighted by Gasteiger charge is 2.21. The zero-order chi connectivity index (χ0) is 18.4. The number of esters is 1. The molecule has 1 atom stereocenters. The summed E-state index contributed by atoms with van der Waals surface area (Å²) >= 11 is 6.23. The van der Waals surface area contributed by atoms with Gasteiger partial charge < -0.3 is 9.47 Å². The molecule has 0 bridgehead atoms. The second kappa shape index (κ2) is 9.59. The van der Waals surface area contributed by atoms with E-state index >= 15 is 0 Å². The van der Waals surface area contributed by atoms with Crippen molar-refractivity contribution in [3.05, 3.63) is 33.8 Å². The normalized spacial score (nSPS) is 21.8. The van der Waals surface area contributed by atoms with Crippen LogP contribution in [0.25, 0.3) is 0 Å². The van der Waals surface area contributed by atoms with Crippen LogP contribution in [0.5, 0.6) is 0 Å². The summed E-state index contributed by atoms with van der Waals surface area (Å²) in [5.74, 6) is 0.908. The van der Waals surface area contributed by atoms with E-state index < -0.39 is 0 Å². The van der Waals surface area contributed by atoms with Gasteiger partial charge in [-0.1, -0.05) is 31.4 Å². The Labute approximate surface area is 157 Å². The zero-order valence-corrected chi connectivity index (χ0v) is 16.7. The average molecular weight is 367 g/mol. The summed E-state index contributed by atoms with van der Waals surface area (Å²) in [5, 5.41) is 0.603. The lowest BCUT2D eigenvalue weighted by molar-refractivity contribution is 0.0551. The Hall–Kier alpha value is -1.06.